The van der Waals surface area contributed by atoms with E-state index in [1.165, 1.54) is 17.7 Å². The highest BCUT2D eigenvalue weighted by Crippen LogP contribution is 2.18. The molecular weight excluding hydrogens is 357 g/mol. The average molecular weight is 385 g/mol. The van der Waals surface area contributed by atoms with E-state index in [4.69, 9.17) is 4.74 Å². The molecule has 150 valence electrons. The lowest BCUT2D eigenvalue weighted by molar-refractivity contribution is -0.131. The second-order valence-electron chi connectivity index (χ2n) is 6.91. The van der Waals surface area contributed by atoms with Crippen LogP contribution in [0.25, 0.3) is 0 Å². The van der Waals surface area contributed by atoms with Crippen LogP contribution in [-0.4, -0.2) is 57.2 Å². The lowest BCUT2D eigenvalue weighted by Crippen LogP contribution is -2.49. The summed E-state index contributed by atoms with van der Waals surface area (Å²) in [7, 11) is 1.68. The molecule has 0 saturated carbocycles. The smallest absolute Gasteiger partial charge is 0.223 e. The van der Waals surface area contributed by atoms with Crippen LogP contribution in [0.5, 0.6) is 5.75 Å². The molecule has 3 rings (SSSR count). The van der Waals surface area contributed by atoms with Gasteiger partial charge in [0.15, 0.2) is 0 Å². The Hall–Kier alpha value is -2.60. The quantitative estimate of drug-likeness (QED) is 0.710. The average Bonchev–Trinajstić information content (AvgIpc) is 2.74. The van der Waals surface area contributed by atoms with Gasteiger partial charge in [-0.25, -0.2) is 4.39 Å². The van der Waals surface area contributed by atoms with Gasteiger partial charge in [-0.15, -0.1) is 0 Å². The number of piperazine rings is 1. The summed E-state index contributed by atoms with van der Waals surface area (Å²) >= 11 is 0. The largest absolute Gasteiger partial charge is 0.496 e. The van der Waals surface area contributed by atoms with Crippen LogP contribution < -0.4 is 15.0 Å². The monoisotopic (exact) mass is 385 g/mol. The van der Waals surface area contributed by atoms with Crippen molar-refractivity contribution in [2.45, 2.75) is 12.8 Å². The molecule has 0 spiro atoms. The molecule has 0 radical (unpaired) electrons. The number of para-hydroxylation sites is 1. The Labute approximate surface area is 166 Å². The summed E-state index contributed by atoms with van der Waals surface area (Å²) in [4.78, 5) is 16.5. The number of nitrogens with zero attached hydrogens (tertiary/aromatic N) is 2. The summed E-state index contributed by atoms with van der Waals surface area (Å²) < 4.78 is 18.4. The number of hydrogen-bond acceptors (Lipinski definition) is 4. The number of benzene rings is 2. The van der Waals surface area contributed by atoms with E-state index in [1.54, 1.807) is 19.2 Å². The number of ether oxygens (including phenoxy) is 1. The van der Waals surface area contributed by atoms with Crippen LogP contribution in [0, 0.1) is 5.82 Å². The third-order valence-corrected chi connectivity index (χ3v) is 5.10. The van der Waals surface area contributed by atoms with E-state index in [9.17, 15) is 9.18 Å². The van der Waals surface area contributed by atoms with Crippen molar-refractivity contribution in [2.24, 2.45) is 0 Å². The van der Waals surface area contributed by atoms with E-state index in [2.05, 4.69) is 16.3 Å². The predicted molar refractivity (Wildman–Crippen MR) is 109 cm³/mol. The number of carbonyl (C=O) groups excluding carboxylic acids is 1. The van der Waals surface area contributed by atoms with Gasteiger partial charge < -0.3 is 19.9 Å². The molecule has 0 bridgehead atoms. The summed E-state index contributed by atoms with van der Waals surface area (Å²) in [5.74, 6) is 0.860. The maximum absolute atomic E-state index is 13.0. The number of nitrogens with one attached hydrogen (secondary N) is 1. The Kier molecular flexibility index (Phi) is 7.25. The van der Waals surface area contributed by atoms with Crippen molar-refractivity contribution >= 4 is 11.6 Å². The molecular formula is C22H28FN3O2. The number of anilines is 1. The number of amides is 1. The molecule has 1 aliphatic rings. The molecule has 1 aliphatic heterocycles. The van der Waals surface area contributed by atoms with Crippen LogP contribution in [-0.2, 0) is 11.2 Å². The van der Waals surface area contributed by atoms with Crippen LogP contribution in [0.4, 0.5) is 10.1 Å². The maximum atomic E-state index is 13.0. The van der Waals surface area contributed by atoms with Crippen molar-refractivity contribution in [3.8, 4) is 5.75 Å². The first kappa shape index (κ1) is 20.1. The van der Waals surface area contributed by atoms with Crippen molar-refractivity contribution in [3.63, 3.8) is 0 Å². The standard InChI is InChI=1S/C22H28FN3O2/c1-28-21-5-3-2-4-18(21)10-12-24-13-11-22(27)26-16-14-25(15-17-26)20-8-6-19(23)7-9-20/h2-9,24H,10-17H2,1H3. The highest BCUT2D eigenvalue weighted by Gasteiger charge is 2.20. The van der Waals surface area contributed by atoms with Crippen LogP contribution in [0.1, 0.15) is 12.0 Å². The van der Waals surface area contributed by atoms with Gasteiger partial charge in [0.1, 0.15) is 11.6 Å². The molecule has 28 heavy (non-hydrogen) atoms. The fraction of sp³-hybridized carbons (Fsp3) is 0.409. The summed E-state index contributed by atoms with van der Waals surface area (Å²) in [6, 6.07) is 14.5. The Morgan fingerprint density at radius 1 is 1.04 bits per heavy atom. The van der Waals surface area contributed by atoms with Crippen molar-refractivity contribution in [2.75, 3.05) is 51.3 Å². The molecule has 1 heterocycles. The summed E-state index contributed by atoms with van der Waals surface area (Å²) in [5.41, 5.74) is 2.17. The van der Waals surface area contributed by atoms with Gasteiger partial charge in [0.25, 0.3) is 0 Å². The molecule has 0 atom stereocenters. The van der Waals surface area contributed by atoms with E-state index < -0.39 is 0 Å². The summed E-state index contributed by atoms with van der Waals surface area (Å²) in [5, 5.41) is 3.35. The molecule has 5 nitrogen and oxygen atoms in total. The van der Waals surface area contributed by atoms with Gasteiger partial charge in [-0.3, -0.25) is 4.79 Å². The molecule has 2 aromatic carbocycles. The predicted octanol–water partition coefficient (Wildman–Crippen LogP) is 2.71. The molecule has 0 unspecified atom stereocenters. The third-order valence-electron chi connectivity index (χ3n) is 5.10. The highest BCUT2D eigenvalue weighted by molar-refractivity contribution is 5.76. The number of hydrogen-bond donors (Lipinski definition) is 1. The minimum Gasteiger partial charge on any atom is -0.496 e. The second-order valence-corrected chi connectivity index (χ2v) is 6.91. The normalized spacial score (nSPS) is 14.2. The first-order valence-electron chi connectivity index (χ1n) is 9.78. The molecule has 6 heteroatoms. The minimum absolute atomic E-state index is 0.184. The highest BCUT2D eigenvalue weighted by atomic mass is 19.1. The lowest BCUT2D eigenvalue weighted by atomic mass is 10.1. The van der Waals surface area contributed by atoms with Gasteiger partial charge in [0, 0.05) is 44.8 Å². The van der Waals surface area contributed by atoms with Gasteiger partial charge in [-0.2, -0.15) is 0 Å². The van der Waals surface area contributed by atoms with E-state index in [0.717, 1.165) is 37.5 Å². The van der Waals surface area contributed by atoms with E-state index in [0.29, 0.717) is 26.1 Å². The van der Waals surface area contributed by atoms with Gasteiger partial charge >= 0.3 is 0 Å². The maximum Gasteiger partial charge on any atom is 0.223 e. The fourth-order valence-electron chi connectivity index (χ4n) is 3.48. The van der Waals surface area contributed by atoms with Gasteiger partial charge in [0.2, 0.25) is 5.91 Å². The number of rotatable bonds is 8. The first-order chi connectivity index (χ1) is 13.7. The van der Waals surface area contributed by atoms with Gasteiger partial charge in [0.05, 0.1) is 7.11 Å². The Bertz CT molecular complexity index is 759. The van der Waals surface area contributed by atoms with Crippen molar-refractivity contribution in [1.29, 1.82) is 0 Å². The Morgan fingerprint density at radius 3 is 2.46 bits per heavy atom. The Balaban J connectivity index is 1.34. The van der Waals surface area contributed by atoms with Gasteiger partial charge in [-0.05, 0) is 48.9 Å². The number of halogens is 1. The van der Waals surface area contributed by atoms with E-state index in [-0.39, 0.29) is 11.7 Å². The van der Waals surface area contributed by atoms with Crippen LogP contribution in [0.3, 0.4) is 0 Å². The zero-order chi connectivity index (χ0) is 19.8. The molecule has 1 fully saturated rings. The first-order valence-corrected chi connectivity index (χ1v) is 9.78. The third kappa shape index (κ3) is 5.45. The number of methoxy groups -OCH3 is 1. The number of carbonyl (C=O) groups is 1. The van der Waals surface area contributed by atoms with Crippen molar-refractivity contribution in [1.82, 2.24) is 10.2 Å². The summed E-state index contributed by atoms with van der Waals surface area (Å²) in [6.45, 7) is 4.45. The zero-order valence-electron chi connectivity index (χ0n) is 16.4. The SMILES string of the molecule is COc1ccccc1CCNCCC(=O)N1CCN(c2ccc(F)cc2)CC1. The molecule has 0 aliphatic carbocycles. The van der Waals surface area contributed by atoms with Gasteiger partial charge in [-0.1, -0.05) is 18.2 Å². The Morgan fingerprint density at radius 2 is 1.75 bits per heavy atom. The molecule has 2 aromatic rings. The lowest BCUT2D eigenvalue weighted by Gasteiger charge is -2.36. The molecule has 1 saturated heterocycles. The van der Waals surface area contributed by atoms with Crippen molar-refractivity contribution < 1.29 is 13.9 Å². The van der Waals surface area contributed by atoms with Crippen LogP contribution in [0.15, 0.2) is 48.5 Å². The van der Waals surface area contributed by atoms with Crippen LogP contribution >= 0.6 is 0 Å². The molecule has 1 amide bonds. The topological polar surface area (TPSA) is 44.8 Å². The molecule has 1 N–H and O–H groups in total. The van der Waals surface area contributed by atoms with E-state index >= 15 is 0 Å². The minimum atomic E-state index is -0.226. The molecule has 0 aromatic heterocycles. The van der Waals surface area contributed by atoms with Crippen LogP contribution in [0.2, 0.25) is 0 Å². The summed E-state index contributed by atoms with van der Waals surface area (Å²) in [6.07, 6.45) is 1.37. The van der Waals surface area contributed by atoms with Crippen molar-refractivity contribution in [3.05, 3.63) is 59.9 Å². The van der Waals surface area contributed by atoms with E-state index in [1.807, 2.05) is 23.1 Å². The second kappa shape index (κ2) is 10.1. The fourth-order valence-corrected chi connectivity index (χ4v) is 3.48. The zero-order valence-corrected chi connectivity index (χ0v) is 16.4.